The number of urea groups is 1. The molecule has 0 aromatic heterocycles. The first kappa shape index (κ1) is 19.0. The van der Waals surface area contributed by atoms with Crippen molar-refractivity contribution in [3.63, 3.8) is 0 Å². The highest BCUT2D eigenvalue weighted by Crippen LogP contribution is 2.23. The highest BCUT2D eigenvalue weighted by Gasteiger charge is 2.23. The quantitative estimate of drug-likeness (QED) is 0.736. The molecule has 142 valence electrons. The number of hydrogen-bond donors (Lipinski definition) is 3. The Morgan fingerprint density at radius 2 is 1.81 bits per heavy atom. The van der Waals surface area contributed by atoms with Crippen LogP contribution < -0.4 is 21.3 Å². The molecule has 0 spiro atoms. The maximum Gasteiger partial charge on any atom is 0.319 e. The van der Waals surface area contributed by atoms with E-state index in [-0.39, 0.29) is 17.9 Å². The zero-order valence-electron chi connectivity index (χ0n) is 15.0. The molecular formula is C20H23ClN4O2. The Labute approximate surface area is 163 Å². The van der Waals surface area contributed by atoms with E-state index in [1.54, 1.807) is 24.3 Å². The van der Waals surface area contributed by atoms with Gasteiger partial charge in [-0.25, -0.2) is 4.79 Å². The normalized spacial score (nSPS) is 16.6. The molecule has 1 fully saturated rings. The average molecular weight is 387 g/mol. The third kappa shape index (κ3) is 5.37. The number of rotatable bonds is 5. The smallest absolute Gasteiger partial charge is 0.319 e. The molecule has 2 aromatic rings. The van der Waals surface area contributed by atoms with Gasteiger partial charge in [0.25, 0.3) is 0 Å². The maximum atomic E-state index is 12.0. The highest BCUT2D eigenvalue weighted by atomic mass is 35.5. The Bertz CT molecular complexity index is 793. The number of primary amides is 1. The van der Waals surface area contributed by atoms with Crippen LogP contribution in [0.1, 0.15) is 18.4 Å². The van der Waals surface area contributed by atoms with E-state index in [0.29, 0.717) is 23.8 Å². The van der Waals surface area contributed by atoms with Gasteiger partial charge in [0, 0.05) is 36.0 Å². The van der Waals surface area contributed by atoms with Crippen LogP contribution in [0.4, 0.5) is 16.2 Å². The molecule has 2 aromatic carbocycles. The SMILES string of the molecule is NC(=O)C1CCCN(c2ccc(CNC(=O)Nc3ccc(Cl)cc3)cc2)C1. The molecule has 3 rings (SSSR count). The molecule has 0 bridgehead atoms. The van der Waals surface area contributed by atoms with Gasteiger partial charge in [0.15, 0.2) is 0 Å². The van der Waals surface area contributed by atoms with Crippen molar-refractivity contribution in [1.29, 1.82) is 0 Å². The van der Waals surface area contributed by atoms with Gasteiger partial charge >= 0.3 is 6.03 Å². The Balaban J connectivity index is 1.51. The molecule has 0 radical (unpaired) electrons. The third-order valence-corrected chi connectivity index (χ3v) is 4.93. The largest absolute Gasteiger partial charge is 0.371 e. The van der Waals surface area contributed by atoms with Crippen LogP contribution in [0.25, 0.3) is 0 Å². The Kier molecular flexibility index (Phi) is 6.19. The lowest BCUT2D eigenvalue weighted by atomic mass is 9.97. The lowest BCUT2D eigenvalue weighted by Crippen LogP contribution is -2.41. The van der Waals surface area contributed by atoms with Gasteiger partial charge in [-0.1, -0.05) is 23.7 Å². The topological polar surface area (TPSA) is 87.5 Å². The van der Waals surface area contributed by atoms with Gasteiger partial charge in [0.1, 0.15) is 0 Å². The number of nitrogens with zero attached hydrogens (tertiary/aromatic N) is 1. The fraction of sp³-hybridized carbons (Fsp3) is 0.300. The van der Waals surface area contributed by atoms with Crippen LogP contribution in [0.2, 0.25) is 5.02 Å². The summed E-state index contributed by atoms with van der Waals surface area (Å²) in [4.78, 5) is 25.6. The molecule has 1 heterocycles. The van der Waals surface area contributed by atoms with Crippen LogP contribution in [-0.4, -0.2) is 25.0 Å². The number of amides is 3. The van der Waals surface area contributed by atoms with Gasteiger partial charge in [-0.05, 0) is 54.8 Å². The molecule has 1 saturated heterocycles. The van der Waals surface area contributed by atoms with Gasteiger partial charge in [-0.3, -0.25) is 4.79 Å². The standard InChI is InChI=1S/C20H23ClN4O2/c21-16-5-7-17(8-6-16)24-20(27)23-12-14-3-9-18(10-4-14)25-11-1-2-15(13-25)19(22)26/h3-10,15H,1-2,11-13H2,(H2,22,26)(H2,23,24,27). The van der Waals surface area contributed by atoms with Crippen molar-refractivity contribution in [3.8, 4) is 0 Å². The van der Waals surface area contributed by atoms with Crippen molar-refractivity contribution < 1.29 is 9.59 Å². The van der Waals surface area contributed by atoms with E-state index in [0.717, 1.165) is 30.6 Å². The molecule has 6 nitrogen and oxygen atoms in total. The van der Waals surface area contributed by atoms with Crippen LogP contribution >= 0.6 is 11.6 Å². The van der Waals surface area contributed by atoms with E-state index in [1.807, 2.05) is 24.3 Å². The summed E-state index contributed by atoms with van der Waals surface area (Å²) < 4.78 is 0. The van der Waals surface area contributed by atoms with Crippen LogP contribution in [0.5, 0.6) is 0 Å². The fourth-order valence-corrected chi connectivity index (χ4v) is 3.29. The minimum Gasteiger partial charge on any atom is -0.371 e. The molecule has 1 aliphatic heterocycles. The first-order valence-corrected chi connectivity index (χ1v) is 9.32. The Morgan fingerprint density at radius 3 is 2.48 bits per heavy atom. The first-order valence-electron chi connectivity index (χ1n) is 8.95. The molecule has 1 aliphatic rings. The van der Waals surface area contributed by atoms with E-state index < -0.39 is 0 Å². The van der Waals surface area contributed by atoms with Crippen LogP contribution in [-0.2, 0) is 11.3 Å². The molecule has 4 N–H and O–H groups in total. The molecule has 3 amide bonds. The Hall–Kier alpha value is -2.73. The van der Waals surface area contributed by atoms with Crippen LogP contribution in [0.3, 0.4) is 0 Å². The predicted octanol–water partition coefficient (Wildman–Crippen LogP) is 3.36. The summed E-state index contributed by atoms with van der Waals surface area (Å²) in [5.41, 5.74) is 8.18. The van der Waals surface area contributed by atoms with Gasteiger partial charge < -0.3 is 21.3 Å². The van der Waals surface area contributed by atoms with E-state index in [1.165, 1.54) is 0 Å². The van der Waals surface area contributed by atoms with Crippen molar-refractivity contribution >= 4 is 34.9 Å². The highest BCUT2D eigenvalue weighted by molar-refractivity contribution is 6.30. The number of nitrogens with one attached hydrogen (secondary N) is 2. The fourth-order valence-electron chi connectivity index (χ4n) is 3.16. The minimum absolute atomic E-state index is 0.0864. The van der Waals surface area contributed by atoms with Crippen molar-refractivity contribution in [2.75, 3.05) is 23.3 Å². The van der Waals surface area contributed by atoms with Gasteiger partial charge in [0.2, 0.25) is 5.91 Å². The number of benzene rings is 2. The van der Waals surface area contributed by atoms with Crippen molar-refractivity contribution in [2.45, 2.75) is 19.4 Å². The lowest BCUT2D eigenvalue weighted by molar-refractivity contribution is -0.122. The summed E-state index contributed by atoms with van der Waals surface area (Å²) in [6.07, 6.45) is 1.82. The summed E-state index contributed by atoms with van der Waals surface area (Å²) in [7, 11) is 0. The number of nitrogens with two attached hydrogens (primary N) is 1. The summed E-state index contributed by atoms with van der Waals surface area (Å²) in [5, 5.41) is 6.20. The lowest BCUT2D eigenvalue weighted by Gasteiger charge is -2.33. The molecule has 0 aliphatic carbocycles. The van der Waals surface area contributed by atoms with Crippen LogP contribution in [0, 0.1) is 5.92 Å². The minimum atomic E-state index is -0.276. The zero-order chi connectivity index (χ0) is 19.2. The zero-order valence-corrected chi connectivity index (χ0v) is 15.7. The number of carbonyl (C=O) groups is 2. The summed E-state index contributed by atoms with van der Waals surface area (Å²) in [6.45, 7) is 2.00. The number of piperidine rings is 1. The molecule has 1 atom stereocenters. The summed E-state index contributed by atoms with van der Waals surface area (Å²) >= 11 is 5.83. The van der Waals surface area contributed by atoms with Crippen molar-refractivity contribution in [1.82, 2.24) is 5.32 Å². The monoisotopic (exact) mass is 386 g/mol. The van der Waals surface area contributed by atoms with E-state index in [2.05, 4.69) is 15.5 Å². The van der Waals surface area contributed by atoms with Gasteiger partial charge in [0.05, 0.1) is 5.92 Å². The van der Waals surface area contributed by atoms with Crippen molar-refractivity contribution in [2.24, 2.45) is 11.7 Å². The number of halogens is 1. The second-order valence-electron chi connectivity index (χ2n) is 6.67. The molecular weight excluding hydrogens is 364 g/mol. The second kappa shape index (κ2) is 8.77. The molecule has 1 unspecified atom stereocenters. The summed E-state index contributed by atoms with van der Waals surface area (Å²) in [6, 6.07) is 14.6. The van der Waals surface area contributed by atoms with E-state index in [9.17, 15) is 9.59 Å². The molecule has 0 saturated carbocycles. The van der Waals surface area contributed by atoms with Crippen molar-refractivity contribution in [3.05, 3.63) is 59.1 Å². The van der Waals surface area contributed by atoms with E-state index >= 15 is 0 Å². The number of anilines is 2. The van der Waals surface area contributed by atoms with Gasteiger partial charge in [-0.2, -0.15) is 0 Å². The molecule has 7 heteroatoms. The van der Waals surface area contributed by atoms with Crippen LogP contribution in [0.15, 0.2) is 48.5 Å². The third-order valence-electron chi connectivity index (χ3n) is 4.68. The number of carbonyl (C=O) groups excluding carboxylic acids is 2. The number of hydrogen-bond acceptors (Lipinski definition) is 3. The predicted molar refractivity (Wildman–Crippen MR) is 108 cm³/mol. The molecule has 27 heavy (non-hydrogen) atoms. The Morgan fingerprint density at radius 1 is 1.11 bits per heavy atom. The summed E-state index contributed by atoms with van der Waals surface area (Å²) in [5.74, 6) is -0.316. The average Bonchev–Trinajstić information content (AvgIpc) is 2.69. The van der Waals surface area contributed by atoms with Gasteiger partial charge in [-0.15, -0.1) is 0 Å². The van der Waals surface area contributed by atoms with E-state index in [4.69, 9.17) is 17.3 Å². The second-order valence-corrected chi connectivity index (χ2v) is 7.10. The maximum absolute atomic E-state index is 12.0. The first-order chi connectivity index (χ1) is 13.0.